The summed E-state index contributed by atoms with van der Waals surface area (Å²) in [6.07, 6.45) is 8.94. The van der Waals surface area contributed by atoms with Crippen molar-refractivity contribution in [1.29, 1.82) is 0 Å². The molecule has 0 saturated heterocycles. The molecule has 0 bridgehead atoms. The fourth-order valence-corrected chi connectivity index (χ4v) is 8.10. The first kappa shape index (κ1) is 44.0. The van der Waals surface area contributed by atoms with E-state index in [0.29, 0.717) is 5.92 Å². The van der Waals surface area contributed by atoms with Gasteiger partial charge in [-0.15, -0.1) is 0 Å². The zero-order chi connectivity index (χ0) is 39.6. The van der Waals surface area contributed by atoms with E-state index < -0.39 is 11.2 Å². The van der Waals surface area contributed by atoms with Crippen molar-refractivity contribution < 1.29 is 19.7 Å². The van der Waals surface area contributed by atoms with Crippen LogP contribution in [0.4, 0.5) is 0 Å². The molecular weight excluding hydrogens is 657 g/mol. The Balaban J connectivity index is 0.000000290. The second kappa shape index (κ2) is 19.3. The van der Waals surface area contributed by atoms with E-state index in [1.807, 2.05) is 69.6 Å². The molecule has 53 heavy (non-hydrogen) atoms. The van der Waals surface area contributed by atoms with Crippen LogP contribution >= 0.6 is 0 Å². The largest absolute Gasteiger partial charge is 0.497 e. The van der Waals surface area contributed by atoms with E-state index in [2.05, 4.69) is 102 Å². The van der Waals surface area contributed by atoms with Gasteiger partial charge in [0.2, 0.25) is 0 Å². The van der Waals surface area contributed by atoms with E-state index in [-0.39, 0.29) is 17.3 Å². The monoisotopic (exact) mass is 727 g/mol. The minimum atomic E-state index is -1.05. The van der Waals surface area contributed by atoms with Crippen molar-refractivity contribution in [2.75, 3.05) is 55.5 Å². The first-order chi connectivity index (χ1) is 24.9. The lowest BCUT2D eigenvalue weighted by Crippen LogP contribution is -2.47. The Kier molecular flexibility index (Phi) is 16.0. The molecule has 6 nitrogen and oxygen atoms in total. The summed E-state index contributed by atoms with van der Waals surface area (Å²) in [6.45, 7) is 16.7. The molecule has 2 N–H and O–H groups in total. The van der Waals surface area contributed by atoms with Crippen LogP contribution in [0, 0.1) is 17.8 Å². The molecule has 4 rings (SSSR count). The molecule has 4 unspecified atom stereocenters. The van der Waals surface area contributed by atoms with E-state index >= 15 is 0 Å². The second-order valence-electron chi connectivity index (χ2n) is 16.9. The predicted octanol–water partition coefficient (Wildman–Crippen LogP) is 9.70. The fourth-order valence-electron chi connectivity index (χ4n) is 8.10. The maximum atomic E-state index is 12.0. The molecule has 1 aliphatic rings. The van der Waals surface area contributed by atoms with Gasteiger partial charge in [-0.2, -0.15) is 0 Å². The molecule has 0 radical (unpaired) electrons. The van der Waals surface area contributed by atoms with Gasteiger partial charge in [-0.25, -0.2) is 0 Å². The molecule has 6 heteroatoms. The van der Waals surface area contributed by atoms with Gasteiger partial charge in [-0.3, -0.25) is 0 Å². The Morgan fingerprint density at radius 1 is 0.660 bits per heavy atom. The van der Waals surface area contributed by atoms with E-state index in [1.54, 1.807) is 14.2 Å². The van der Waals surface area contributed by atoms with Crippen LogP contribution in [0.5, 0.6) is 11.5 Å². The van der Waals surface area contributed by atoms with Crippen LogP contribution in [0.3, 0.4) is 0 Å². The van der Waals surface area contributed by atoms with Gasteiger partial charge in [0.1, 0.15) is 17.1 Å². The zero-order valence-corrected chi connectivity index (χ0v) is 35.2. The maximum Gasteiger partial charge on any atom is 0.118 e. The molecule has 0 amide bonds. The van der Waals surface area contributed by atoms with Gasteiger partial charge in [0.25, 0.3) is 0 Å². The minimum Gasteiger partial charge on any atom is -0.497 e. The summed E-state index contributed by atoms with van der Waals surface area (Å²) >= 11 is 0. The van der Waals surface area contributed by atoms with Crippen LogP contribution in [-0.2, 0) is 11.0 Å². The summed E-state index contributed by atoms with van der Waals surface area (Å²) in [5.41, 5.74) is 4.66. The third-order valence-electron chi connectivity index (χ3n) is 11.1. The summed E-state index contributed by atoms with van der Waals surface area (Å²) < 4.78 is 10.5. The Morgan fingerprint density at radius 3 is 1.45 bits per heavy atom. The Hall–Kier alpha value is -3.42. The molecule has 3 aromatic rings. The van der Waals surface area contributed by atoms with Crippen LogP contribution in [0.2, 0.25) is 0 Å². The normalized spacial score (nSPS) is 17.8. The molecule has 292 valence electrons. The van der Waals surface area contributed by atoms with Crippen molar-refractivity contribution in [3.63, 3.8) is 0 Å². The Bertz CT molecular complexity index is 1600. The fraction of sp³-hybridized carbons (Fsp3) is 0.532. The lowest BCUT2D eigenvalue weighted by atomic mass is 9.71. The van der Waals surface area contributed by atoms with Gasteiger partial charge in [0.05, 0.1) is 19.8 Å². The van der Waals surface area contributed by atoms with E-state index in [0.717, 1.165) is 65.3 Å². The molecule has 0 heterocycles. The number of nitrogens with zero attached hydrogens (tertiary/aromatic N) is 2. The molecule has 1 aliphatic carbocycles. The van der Waals surface area contributed by atoms with Crippen molar-refractivity contribution in [3.8, 4) is 11.5 Å². The SMILES string of the molecule is COc1ccc(C=C(C)C(O)(C(C)CN(C)C)C2CCCC2)cc1.COc1ccc(C=C(C)C(O)(c2ccc(C(C)(C)C)cc2)C(C)CN(C)C)cc1. The lowest BCUT2D eigenvalue weighted by Gasteiger charge is -2.41. The summed E-state index contributed by atoms with van der Waals surface area (Å²) in [4.78, 5) is 4.30. The van der Waals surface area contributed by atoms with Crippen molar-refractivity contribution in [3.05, 3.63) is 106 Å². The van der Waals surface area contributed by atoms with Gasteiger partial charge >= 0.3 is 0 Å². The van der Waals surface area contributed by atoms with Gasteiger partial charge in [-0.05, 0) is 124 Å². The van der Waals surface area contributed by atoms with Crippen molar-refractivity contribution in [2.24, 2.45) is 17.8 Å². The zero-order valence-electron chi connectivity index (χ0n) is 35.2. The Morgan fingerprint density at radius 2 is 1.06 bits per heavy atom. The van der Waals surface area contributed by atoms with Crippen LogP contribution in [0.25, 0.3) is 12.2 Å². The molecular formula is C47H70N2O4. The number of rotatable bonds is 14. The van der Waals surface area contributed by atoms with Crippen molar-refractivity contribution >= 4 is 12.2 Å². The average Bonchev–Trinajstić information content (AvgIpc) is 3.67. The van der Waals surface area contributed by atoms with E-state index in [4.69, 9.17) is 9.47 Å². The summed E-state index contributed by atoms with van der Waals surface area (Å²) in [7, 11) is 11.6. The predicted molar refractivity (Wildman–Crippen MR) is 225 cm³/mol. The van der Waals surface area contributed by atoms with E-state index in [1.165, 1.54) is 18.4 Å². The third-order valence-corrected chi connectivity index (χ3v) is 11.1. The first-order valence-electron chi connectivity index (χ1n) is 19.4. The van der Waals surface area contributed by atoms with Crippen LogP contribution in [-0.4, -0.2) is 81.1 Å². The van der Waals surface area contributed by atoms with Gasteiger partial charge in [0.15, 0.2) is 0 Å². The maximum absolute atomic E-state index is 12.0. The number of ether oxygens (including phenoxy) is 2. The second-order valence-corrected chi connectivity index (χ2v) is 16.9. The van der Waals surface area contributed by atoms with Crippen molar-refractivity contribution in [2.45, 2.75) is 90.8 Å². The lowest BCUT2D eigenvalue weighted by molar-refractivity contribution is -0.0350. The first-order valence-corrected chi connectivity index (χ1v) is 19.4. The quantitative estimate of drug-likeness (QED) is 0.173. The van der Waals surface area contributed by atoms with E-state index in [9.17, 15) is 10.2 Å². The molecule has 4 atom stereocenters. The highest BCUT2D eigenvalue weighted by atomic mass is 16.5. The van der Waals surface area contributed by atoms with Crippen LogP contribution in [0.1, 0.15) is 96.4 Å². The molecule has 0 spiro atoms. The Labute approximate surface area is 322 Å². The molecule has 0 aliphatic heterocycles. The topological polar surface area (TPSA) is 65.4 Å². The summed E-state index contributed by atoms with van der Waals surface area (Å²) in [5.74, 6) is 2.27. The van der Waals surface area contributed by atoms with Crippen LogP contribution in [0.15, 0.2) is 83.9 Å². The van der Waals surface area contributed by atoms with Gasteiger partial charge in [0, 0.05) is 24.9 Å². The molecule has 3 aromatic carbocycles. The smallest absolute Gasteiger partial charge is 0.118 e. The minimum absolute atomic E-state index is 0.0208. The number of benzene rings is 3. The van der Waals surface area contributed by atoms with Gasteiger partial charge < -0.3 is 29.5 Å². The number of hydrogen-bond donors (Lipinski definition) is 2. The summed E-state index contributed by atoms with van der Waals surface area (Å²) in [6, 6.07) is 24.4. The van der Waals surface area contributed by atoms with Crippen LogP contribution < -0.4 is 9.47 Å². The average molecular weight is 727 g/mol. The van der Waals surface area contributed by atoms with Gasteiger partial charge in [-0.1, -0.05) is 108 Å². The number of hydrogen-bond acceptors (Lipinski definition) is 6. The highest BCUT2D eigenvalue weighted by molar-refractivity contribution is 5.58. The highest BCUT2D eigenvalue weighted by Crippen LogP contribution is 2.44. The third kappa shape index (κ3) is 11.5. The highest BCUT2D eigenvalue weighted by Gasteiger charge is 2.44. The standard InChI is InChI=1S/C26H37NO2.C21H33NO2/c1-19(17-21-9-15-24(29-8)16-10-21)26(28,20(2)18-27(6)7)23-13-11-22(12-14-23)25(3,4)5;1-16(14-18-10-12-20(24-5)13-11-18)21(23,17(2)15-22(3)4)19-8-6-7-9-19/h9-17,20,28H,18H2,1-8H3;10-14,17,19,23H,6-9,15H2,1-5H3. The molecule has 1 fully saturated rings. The molecule has 1 saturated carbocycles. The number of methoxy groups -OCH3 is 2. The van der Waals surface area contributed by atoms with Crippen molar-refractivity contribution in [1.82, 2.24) is 9.80 Å². The number of aliphatic hydroxyl groups is 2. The summed E-state index contributed by atoms with van der Waals surface area (Å²) in [5, 5.41) is 23.7. The molecule has 0 aromatic heterocycles.